The van der Waals surface area contributed by atoms with Crippen LogP contribution in [0.2, 0.25) is 0 Å². The summed E-state index contributed by atoms with van der Waals surface area (Å²) >= 11 is 0. The highest BCUT2D eigenvalue weighted by atomic mass is 16.5. The Hall–Kier alpha value is -4.14. The fourth-order valence-corrected chi connectivity index (χ4v) is 4.03. The Bertz CT molecular complexity index is 1280. The third-order valence-electron chi connectivity index (χ3n) is 5.71. The van der Waals surface area contributed by atoms with Crippen LogP contribution in [0.15, 0.2) is 55.0 Å². The van der Waals surface area contributed by atoms with Crippen molar-refractivity contribution in [1.29, 1.82) is 0 Å². The molecule has 0 atom stereocenters. The Morgan fingerprint density at radius 1 is 0.971 bits per heavy atom. The Kier molecular flexibility index (Phi) is 6.62. The van der Waals surface area contributed by atoms with Gasteiger partial charge in [-0.3, -0.25) is 9.48 Å². The zero-order valence-corrected chi connectivity index (χ0v) is 19.9. The minimum absolute atomic E-state index is 0.0325. The van der Waals surface area contributed by atoms with Gasteiger partial charge in [-0.25, -0.2) is 0 Å². The van der Waals surface area contributed by atoms with Crippen molar-refractivity contribution in [2.75, 3.05) is 33.3 Å². The number of ether oxygens (including phenoxy) is 4. The first-order chi connectivity index (χ1) is 16.5. The van der Waals surface area contributed by atoms with Gasteiger partial charge in [0.2, 0.25) is 11.7 Å². The number of anilines is 1. The van der Waals surface area contributed by atoms with Crippen LogP contribution in [0.1, 0.15) is 5.56 Å². The monoisotopic (exact) mass is 464 g/mol. The topological polar surface area (TPSA) is 80.0 Å². The Morgan fingerprint density at radius 2 is 1.68 bits per heavy atom. The lowest BCUT2D eigenvalue weighted by atomic mass is 10.1. The van der Waals surface area contributed by atoms with Crippen molar-refractivity contribution in [2.24, 2.45) is 7.05 Å². The van der Waals surface area contributed by atoms with Crippen molar-refractivity contribution in [3.8, 4) is 23.0 Å². The molecule has 9 heteroatoms. The van der Waals surface area contributed by atoms with E-state index in [0.717, 1.165) is 16.5 Å². The molecular formula is C25H28N4O5. The summed E-state index contributed by atoms with van der Waals surface area (Å²) in [6.45, 7) is 0.377. The summed E-state index contributed by atoms with van der Waals surface area (Å²) in [4.78, 5) is 15.3. The SMILES string of the molecule is COc1cnn(CC(=O)N(Cc2cn(C)c3ccccc23)c2cc(OC)c(OC)c(OC)c2)c1. The number of hydrogen-bond donors (Lipinski definition) is 0. The van der Waals surface area contributed by atoms with E-state index in [-0.39, 0.29) is 12.5 Å². The van der Waals surface area contributed by atoms with Gasteiger partial charge >= 0.3 is 0 Å². The van der Waals surface area contributed by atoms with Crippen LogP contribution in [-0.2, 0) is 24.9 Å². The maximum atomic E-state index is 13.6. The molecule has 34 heavy (non-hydrogen) atoms. The van der Waals surface area contributed by atoms with Crippen LogP contribution in [0.5, 0.6) is 23.0 Å². The van der Waals surface area contributed by atoms with E-state index in [1.807, 2.05) is 25.4 Å². The van der Waals surface area contributed by atoms with E-state index in [1.54, 1.807) is 62.5 Å². The fourth-order valence-electron chi connectivity index (χ4n) is 4.03. The molecule has 2 aromatic carbocycles. The number of methoxy groups -OCH3 is 4. The van der Waals surface area contributed by atoms with Crippen molar-refractivity contribution in [2.45, 2.75) is 13.1 Å². The van der Waals surface area contributed by atoms with Crippen LogP contribution in [0.25, 0.3) is 10.9 Å². The van der Waals surface area contributed by atoms with Crippen LogP contribution < -0.4 is 23.8 Å². The number of para-hydroxylation sites is 1. The molecule has 0 bridgehead atoms. The van der Waals surface area contributed by atoms with Gasteiger partial charge < -0.3 is 28.4 Å². The molecule has 0 spiro atoms. The number of amides is 1. The van der Waals surface area contributed by atoms with Crippen LogP contribution in [-0.4, -0.2) is 48.7 Å². The van der Waals surface area contributed by atoms with E-state index in [4.69, 9.17) is 18.9 Å². The quantitative estimate of drug-likeness (QED) is 0.376. The summed E-state index contributed by atoms with van der Waals surface area (Å²) in [5.41, 5.74) is 2.72. The van der Waals surface area contributed by atoms with Gasteiger partial charge in [-0.15, -0.1) is 0 Å². The predicted molar refractivity (Wildman–Crippen MR) is 129 cm³/mol. The molecule has 0 radical (unpaired) electrons. The van der Waals surface area contributed by atoms with Gasteiger partial charge in [0.05, 0.1) is 53.1 Å². The molecule has 2 aromatic heterocycles. The second-order valence-corrected chi connectivity index (χ2v) is 7.72. The first-order valence-corrected chi connectivity index (χ1v) is 10.7. The number of carbonyl (C=O) groups excluding carboxylic acids is 1. The maximum absolute atomic E-state index is 13.6. The minimum Gasteiger partial charge on any atom is -0.493 e. The van der Waals surface area contributed by atoms with Crippen molar-refractivity contribution >= 4 is 22.5 Å². The van der Waals surface area contributed by atoms with Crippen LogP contribution in [0.4, 0.5) is 5.69 Å². The third kappa shape index (κ3) is 4.36. The lowest BCUT2D eigenvalue weighted by molar-refractivity contribution is -0.119. The number of benzene rings is 2. The van der Waals surface area contributed by atoms with Crippen molar-refractivity contribution in [3.63, 3.8) is 0 Å². The summed E-state index contributed by atoms with van der Waals surface area (Å²) in [6, 6.07) is 11.6. The molecule has 4 rings (SSSR count). The Balaban J connectivity index is 1.78. The van der Waals surface area contributed by atoms with Gasteiger partial charge in [-0.2, -0.15) is 5.10 Å². The van der Waals surface area contributed by atoms with Crippen LogP contribution in [0.3, 0.4) is 0 Å². The number of hydrogen-bond acceptors (Lipinski definition) is 6. The lowest BCUT2D eigenvalue weighted by Gasteiger charge is -2.25. The standard InChI is InChI=1S/C25H28N4O5/c1-27-13-17(20-8-6-7-9-21(20)27)14-29(24(30)16-28-15-19(31-2)12-26-28)18-10-22(32-3)25(34-5)23(11-18)33-4/h6-13,15H,14,16H2,1-5H3. The molecule has 0 fully saturated rings. The van der Waals surface area contributed by atoms with Gasteiger partial charge in [0.1, 0.15) is 6.54 Å². The van der Waals surface area contributed by atoms with E-state index < -0.39 is 0 Å². The summed E-state index contributed by atoms with van der Waals surface area (Å²) in [5, 5.41) is 5.31. The maximum Gasteiger partial charge on any atom is 0.249 e. The Labute approximate surface area is 198 Å². The van der Waals surface area contributed by atoms with Crippen LogP contribution >= 0.6 is 0 Å². The van der Waals surface area contributed by atoms with Gasteiger partial charge in [0.25, 0.3) is 0 Å². The number of nitrogens with zero attached hydrogens (tertiary/aromatic N) is 4. The summed E-state index contributed by atoms with van der Waals surface area (Å²) < 4.78 is 25.3. The number of rotatable bonds is 9. The molecule has 0 saturated carbocycles. The fraction of sp³-hybridized carbons (Fsp3) is 0.280. The lowest BCUT2D eigenvalue weighted by Crippen LogP contribution is -2.33. The molecule has 0 aliphatic rings. The van der Waals surface area contributed by atoms with Gasteiger partial charge in [0.15, 0.2) is 17.2 Å². The molecule has 0 saturated heterocycles. The first-order valence-electron chi connectivity index (χ1n) is 10.7. The van der Waals surface area contributed by atoms with Gasteiger partial charge in [-0.1, -0.05) is 18.2 Å². The largest absolute Gasteiger partial charge is 0.493 e. The highest BCUT2D eigenvalue weighted by molar-refractivity contribution is 5.95. The zero-order valence-electron chi connectivity index (χ0n) is 19.9. The highest BCUT2D eigenvalue weighted by Crippen LogP contribution is 2.41. The molecule has 4 aromatic rings. The molecule has 9 nitrogen and oxygen atoms in total. The first kappa shape index (κ1) is 23.0. The normalized spacial score (nSPS) is 10.9. The van der Waals surface area contributed by atoms with E-state index >= 15 is 0 Å². The van der Waals surface area contributed by atoms with Crippen molar-refractivity contribution < 1.29 is 23.7 Å². The average Bonchev–Trinajstić information content (AvgIpc) is 3.45. The molecule has 0 aliphatic heterocycles. The second-order valence-electron chi connectivity index (χ2n) is 7.72. The van der Waals surface area contributed by atoms with E-state index in [1.165, 1.54) is 0 Å². The molecule has 0 unspecified atom stereocenters. The molecule has 2 heterocycles. The molecular weight excluding hydrogens is 436 g/mol. The number of aromatic nitrogens is 3. The zero-order chi connectivity index (χ0) is 24.2. The van der Waals surface area contributed by atoms with Crippen molar-refractivity contribution in [1.82, 2.24) is 14.3 Å². The smallest absolute Gasteiger partial charge is 0.249 e. The molecule has 0 aliphatic carbocycles. The summed E-state index contributed by atoms with van der Waals surface area (Å²) in [7, 11) is 8.20. The van der Waals surface area contributed by atoms with E-state index in [0.29, 0.717) is 35.2 Å². The molecule has 0 N–H and O–H groups in total. The van der Waals surface area contributed by atoms with Gasteiger partial charge in [-0.05, 0) is 11.6 Å². The predicted octanol–water partition coefficient (Wildman–Crippen LogP) is 3.64. The molecule has 178 valence electrons. The summed E-state index contributed by atoms with van der Waals surface area (Å²) in [6.07, 6.45) is 5.30. The average molecular weight is 465 g/mol. The van der Waals surface area contributed by atoms with E-state index in [2.05, 4.69) is 21.8 Å². The third-order valence-corrected chi connectivity index (χ3v) is 5.71. The minimum atomic E-state index is -0.159. The Morgan fingerprint density at radius 3 is 2.29 bits per heavy atom. The summed E-state index contributed by atoms with van der Waals surface area (Å²) in [5.74, 6) is 1.82. The van der Waals surface area contributed by atoms with Crippen LogP contribution in [0, 0.1) is 0 Å². The van der Waals surface area contributed by atoms with Gasteiger partial charge in [0, 0.05) is 36.3 Å². The molecule has 1 amide bonds. The second kappa shape index (κ2) is 9.78. The van der Waals surface area contributed by atoms with E-state index in [9.17, 15) is 4.79 Å². The highest BCUT2D eigenvalue weighted by Gasteiger charge is 2.23. The van der Waals surface area contributed by atoms with Crippen molar-refractivity contribution in [3.05, 3.63) is 60.6 Å². The number of aryl methyl sites for hydroxylation is 1. The number of carbonyl (C=O) groups is 1. The number of fused-ring (bicyclic) bond motifs is 1.